The van der Waals surface area contributed by atoms with Gasteiger partial charge in [-0.3, -0.25) is 0 Å². The van der Waals surface area contributed by atoms with Crippen molar-refractivity contribution in [1.82, 2.24) is 30.2 Å². The maximum absolute atomic E-state index is 11.2. The van der Waals surface area contributed by atoms with Crippen LogP contribution in [0.25, 0.3) is 22.3 Å². The molecule has 1 saturated heterocycles. The zero-order chi connectivity index (χ0) is 26.2. The van der Waals surface area contributed by atoms with E-state index in [1.807, 2.05) is 17.5 Å². The summed E-state index contributed by atoms with van der Waals surface area (Å²) in [5, 5.41) is 20.0. The van der Waals surface area contributed by atoms with Crippen LogP contribution in [0.4, 0.5) is 11.5 Å². The van der Waals surface area contributed by atoms with Gasteiger partial charge in [0, 0.05) is 38.7 Å². The molecule has 2 aliphatic heterocycles. The fourth-order valence-corrected chi connectivity index (χ4v) is 5.95. The molecule has 12 heteroatoms. The van der Waals surface area contributed by atoms with E-state index in [4.69, 9.17) is 14.5 Å². The number of thiophene rings is 1. The van der Waals surface area contributed by atoms with Crippen LogP contribution < -0.4 is 15.5 Å². The van der Waals surface area contributed by atoms with Crippen molar-refractivity contribution >= 4 is 45.1 Å². The minimum atomic E-state index is -0.992. The molecular formula is C26H30N8O3S. The highest BCUT2D eigenvalue weighted by molar-refractivity contribution is 7.11. The number of pyridine rings is 1. The van der Waals surface area contributed by atoms with E-state index >= 15 is 0 Å². The number of nitrogens with zero attached hydrogens (tertiary/aromatic N) is 5. The number of hydrogen-bond donors (Lipinski definition) is 4. The minimum Gasteiger partial charge on any atom is -0.382 e. The molecule has 0 aromatic carbocycles. The third-order valence-electron chi connectivity index (χ3n) is 6.63. The molecule has 2 unspecified atom stereocenters. The second-order valence-corrected chi connectivity index (χ2v) is 10.5. The quantitative estimate of drug-likeness (QED) is 0.280. The van der Waals surface area contributed by atoms with Gasteiger partial charge in [-0.25, -0.2) is 19.9 Å². The first-order chi connectivity index (χ1) is 18.5. The molecule has 0 spiro atoms. The summed E-state index contributed by atoms with van der Waals surface area (Å²) < 4.78 is 11.4. The Hall–Kier alpha value is -3.58. The summed E-state index contributed by atoms with van der Waals surface area (Å²) in [4.78, 5) is 25.0. The molecule has 0 saturated carbocycles. The Morgan fingerprint density at radius 1 is 1.24 bits per heavy atom. The normalized spacial score (nSPS) is 22.3. The lowest BCUT2D eigenvalue weighted by Crippen LogP contribution is -2.45. The molecule has 4 N–H and O–H groups in total. The molecule has 2 aliphatic rings. The second-order valence-electron chi connectivity index (χ2n) is 9.57. The molecule has 198 valence electrons. The zero-order valence-electron chi connectivity index (χ0n) is 21.4. The topological polar surface area (TPSA) is 133 Å². The number of aliphatic hydroxyl groups excluding tert-OH is 1. The third-order valence-corrected chi connectivity index (χ3v) is 7.56. The van der Waals surface area contributed by atoms with Crippen LogP contribution in [0.3, 0.4) is 0 Å². The summed E-state index contributed by atoms with van der Waals surface area (Å²) >= 11 is 1.57. The summed E-state index contributed by atoms with van der Waals surface area (Å²) in [6.45, 7) is 6.04. The number of methoxy groups -OCH3 is 1. The predicted molar refractivity (Wildman–Crippen MR) is 147 cm³/mol. The summed E-state index contributed by atoms with van der Waals surface area (Å²) in [7, 11) is 1.64. The average Bonchev–Trinajstić information content (AvgIpc) is 3.54. The van der Waals surface area contributed by atoms with E-state index in [9.17, 15) is 5.11 Å². The Bertz CT molecular complexity index is 1450. The number of rotatable bonds is 7. The lowest BCUT2D eigenvalue weighted by molar-refractivity contribution is -0.00545. The Labute approximate surface area is 224 Å². The summed E-state index contributed by atoms with van der Waals surface area (Å²) in [5.41, 5.74) is 3.75. The van der Waals surface area contributed by atoms with Gasteiger partial charge in [-0.1, -0.05) is 0 Å². The van der Waals surface area contributed by atoms with Gasteiger partial charge in [0.25, 0.3) is 0 Å². The van der Waals surface area contributed by atoms with E-state index < -0.39 is 6.23 Å². The van der Waals surface area contributed by atoms with Gasteiger partial charge in [0.1, 0.15) is 23.2 Å². The van der Waals surface area contributed by atoms with Gasteiger partial charge in [0.2, 0.25) is 0 Å². The number of morpholine rings is 1. The number of aromatic nitrogens is 5. The van der Waals surface area contributed by atoms with Crippen LogP contribution in [-0.2, 0) is 9.47 Å². The van der Waals surface area contributed by atoms with Crippen LogP contribution in [0.1, 0.15) is 36.4 Å². The van der Waals surface area contributed by atoms with Crippen LogP contribution >= 0.6 is 11.3 Å². The van der Waals surface area contributed by atoms with Gasteiger partial charge in [-0.05, 0) is 31.4 Å². The third kappa shape index (κ3) is 4.71. The first kappa shape index (κ1) is 24.7. The molecule has 0 bridgehead atoms. The number of ether oxygens (including phenoxy) is 2. The van der Waals surface area contributed by atoms with E-state index in [0.717, 1.165) is 40.7 Å². The van der Waals surface area contributed by atoms with Gasteiger partial charge in [-0.15, -0.1) is 11.3 Å². The monoisotopic (exact) mass is 534 g/mol. The van der Waals surface area contributed by atoms with Crippen molar-refractivity contribution in [3.63, 3.8) is 0 Å². The lowest BCUT2D eigenvalue weighted by Gasteiger charge is -2.36. The van der Waals surface area contributed by atoms with Crippen molar-refractivity contribution < 1.29 is 14.6 Å². The van der Waals surface area contributed by atoms with Crippen molar-refractivity contribution in [3.8, 4) is 0 Å². The largest absolute Gasteiger partial charge is 0.382 e. The van der Waals surface area contributed by atoms with Gasteiger partial charge >= 0.3 is 0 Å². The summed E-state index contributed by atoms with van der Waals surface area (Å²) in [6.07, 6.45) is 4.45. The standard InChI is InChI=1S/C26H30N8O3S/c1-14-11-34(12-15(2)37-14)20-9-17-18(10-29-20)32-25(31-17)21-22(23-16(5-8-38-23)33-26(21)35)30-19(13-36-3)24-27-6-4-7-28-24/h4-10,14-15,19,26,30,33,35H,11-13H2,1-3H3,(H,31,32)/t14-,15+,19?,26?. The molecule has 1 fully saturated rings. The molecule has 6 heterocycles. The molecule has 4 atom stereocenters. The second kappa shape index (κ2) is 10.3. The molecular weight excluding hydrogens is 504 g/mol. The Morgan fingerprint density at radius 3 is 2.79 bits per heavy atom. The van der Waals surface area contributed by atoms with Crippen molar-refractivity contribution in [3.05, 3.63) is 58.7 Å². The Kier molecular flexibility index (Phi) is 6.70. The highest BCUT2D eigenvalue weighted by Crippen LogP contribution is 2.40. The Morgan fingerprint density at radius 2 is 2.03 bits per heavy atom. The van der Waals surface area contributed by atoms with Gasteiger partial charge in [-0.2, -0.15) is 0 Å². The number of hydrogen-bond acceptors (Lipinski definition) is 11. The summed E-state index contributed by atoms with van der Waals surface area (Å²) in [5.74, 6) is 2.01. The van der Waals surface area contributed by atoms with E-state index in [1.165, 1.54) is 0 Å². The highest BCUT2D eigenvalue weighted by Gasteiger charge is 2.32. The smallest absolute Gasteiger partial charge is 0.156 e. The van der Waals surface area contributed by atoms with Crippen molar-refractivity contribution in [2.75, 3.05) is 37.0 Å². The van der Waals surface area contributed by atoms with Gasteiger partial charge in [0.05, 0.1) is 52.4 Å². The van der Waals surface area contributed by atoms with Crippen LogP contribution in [-0.4, -0.2) is 75.3 Å². The number of imidazole rings is 1. The molecule has 11 nitrogen and oxygen atoms in total. The summed E-state index contributed by atoms with van der Waals surface area (Å²) in [6, 6.07) is 5.40. The number of H-pyrrole nitrogens is 1. The molecule has 4 aromatic rings. The van der Waals surface area contributed by atoms with Crippen LogP contribution in [0.15, 0.2) is 42.2 Å². The SMILES string of the molecule is COCC(NC1=C(c2nc3cnc(N4C[C@@H](C)O[C@@H](C)C4)cc3[nH]2)C(O)Nc2ccsc21)c1ncccn1. The number of nitrogens with one attached hydrogen (secondary N) is 3. The Balaban J connectivity index is 1.41. The first-order valence-electron chi connectivity index (χ1n) is 12.6. The van der Waals surface area contributed by atoms with E-state index in [0.29, 0.717) is 29.3 Å². The molecule has 6 rings (SSSR count). The maximum atomic E-state index is 11.2. The maximum Gasteiger partial charge on any atom is 0.156 e. The minimum absolute atomic E-state index is 0.129. The fraction of sp³-hybridized carbons (Fsp3) is 0.385. The van der Waals surface area contributed by atoms with Crippen LogP contribution in [0, 0.1) is 0 Å². The van der Waals surface area contributed by atoms with E-state index in [2.05, 4.69) is 49.3 Å². The van der Waals surface area contributed by atoms with E-state index in [-0.39, 0.29) is 18.2 Å². The number of aliphatic hydroxyl groups is 1. The lowest BCUT2D eigenvalue weighted by atomic mass is 10.0. The molecule has 38 heavy (non-hydrogen) atoms. The fourth-order valence-electron chi connectivity index (χ4n) is 5.07. The highest BCUT2D eigenvalue weighted by atomic mass is 32.1. The molecule has 0 aliphatic carbocycles. The molecule has 4 aromatic heterocycles. The molecule has 0 radical (unpaired) electrons. The van der Waals surface area contributed by atoms with Gasteiger partial charge in [0.15, 0.2) is 12.1 Å². The first-order valence-corrected chi connectivity index (χ1v) is 13.4. The molecule has 0 amide bonds. The number of fused-ring (bicyclic) bond motifs is 2. The van der Waals surface area contributed by atoms with Crippen molar-refractivity contribution in [2.45, 2.75) is 38.3 Å². The number of aromatic amines is 1. The van der Waals surface area contributed by atoms with Crippen LogP contribution in [0.2, 0.25) is 0 Å². The van der Waals surface area contributed by atoms with Gasteiger partial charge < -0.3 is 35.1 Å². The van der Waals surface area contributed by atoms with Crippen molar-refractivity contribution in [1.29, 1.82) is 0 Å². The van der Waals surface area contributed by atoms with Crippen molar-refractivity contribution in [2.24, 2.45) is 0 Å². The predicted octanol–water partition coefficient (Wildman–Crippen LogP) is 3.01. The average molecular weight is 535 g/mol. The van der Waals surface area contributed by atoms with E-state index in [1.54, 1.807) is 43.1 Å². The van der Waals surface area contributed by atoms with Crippen LogP contribution in [0.5, 0.6) is 0 Å². The number of anilines is 2. The zero-order valence-corrected chi connectivity index (χ0v) is 22.2.